The lowest BCUT2D eigenvalue weighted by atomic mass is 10.2. The van der Waals surface area contributed by atoms with Crippen LogP contribution in [0.25, 0.3) is 16.7 Å². The first-order chi connectivity index (χ1) is 14.0. The van der Waals surface area contributed by atoms with Gasteiger partial charge in [0.25, 0.3) is 5.91 Å². The van der Waals surface area contributed by atoms with Crippen molar-refractivity contribution in [3.63, 3.8) is 0 Å². The lowest BCUT2D eigenvalue weighted by molar-refractivity contribution is 0.102. The van der Waals surface area contributed by atoms with Gasteiger partial charge in [0, 0.05) is 6.54 Å². The van der Waals surface area contributed by atoms with E-state index in [4.69, 9.17) is 0 Å². The fourth-order valence-corrected chi connectivity index (χ4v) is 3.59. The summed E-state index contributed by atoms with van der Waals surface area (Å²) in [6, 6.07) is 13.8. The predicted molar refractivity (Wildman–Crippen MR) is 111 cm³/mol. The molecule has 0 saturated carbocycles. The number of aryl methyl sites for hydroxylation is 2. The number of fused-ring (bicyclic) bond motifs is 1. The highest BCUT2D eigenvalue weighted by Crippen LogP contribution is 2.23. The second-order valence-corrected chi connectivity index (χ2v) is 6.96. The Morgan fingerprint density at radius 2 is 1.83 bits per heavy atom. The molecule has 29 heavy (non-hydrogen) atoms. The first kappa shape index (κ1) is 18.9. The molecule has 148 valence electrons. The normalized spacial score (nSPS) is 11.2. The molecule has 0 radical (unpaired) electrons. The molecule has 6 nitrogen and oxygen atoms in total. The van der Waals surface area contributed by atoms with Crippen LogP contribution in [0.1, 0.15) is 35.1 Å². The molecule has 0 aliphatic carbocycles. The number of amides is 1. The molecule has 2 aromatic heterocycles. The minimum Gasteiger partial charge on any atom is -0.310 e. The van der Waals surface area contributed by atoms with Crippen molar-refractivity contribution < 1.29 is 9.18 Å². The van der Waals surface area contributed by atoms with Gasteiger partial charge in [-0.05, 0) is 56.7 Å². The van der Waals surface area contributed by atoms with Crippen LogP contribution in [0.5, 0.6) is 0 Å². The Morgan fingerprint density at radius 3 is 2.55 bits per heavy atom. The van der Waals surface area contributed by atoms with E-state index in [0.29, 0.717) is 28.6 Å². The molecule has 0 aliphatic rings. The summed E-state index contributed by atoms with van der Waals surface area (Å²) >= 11 is 0. The van der Waals surface area contributed by atoms with E-state index in [0.717, 1.165) is 24.0 Å². The average Bonchev–Trinajstić information content (AvgIpc) is 3.19. The minimum atomic E-state index is -0.317. The molecule has 0 saturated heterocycles. The predicted octanol–water partition coefficient (Wildman–Crippen LogP) is 4.64. The zero-order chi connectivity index (χ0) is 20.5. The van der Waals surface area contributed by atoms with Gasteiger partial charge < -0.3 is 4.57 Å². The molecule has 0 aliphatic heterocycles. The Morgan fingerprint density at radius 1 is 1.10 bits per heavy atom. The molecule has 4 aromatic rings. The molecule has 0 unspecified atom stereocenters. The molecule has 0 bridgehead atoms. The van der Waals surface area contributed by atoms with E-state index >= 15 is 0 Å². The van der Waals surface area contributed by atoms with Gasteiger partial charge in [0.2, 0.25) is 5.95 Å². The molecule has 2 heterocycles. The van der Waals surface area contributed by atoms with Crippen LogP contribution in [0.4, 0.5) is 10.3 Å². The van der Waals surface area contributed by atoms with E-state index in [9.17, 15) is 9.18 Å². The third-order valence-corrected chi connectivity index (χ3v) is 4.92. The molecular formula is C22H22FN5O. The van der Waals surface area contributed by atoms with Crippen LogP contribution in [-0.4, -0.2) is 25.2 Å². The number of halogens is 1. The summed E-state index contributed by atoms with van der Waals surface area (Å²) in [7, 11) is 0. The highest BCUT2D eigenvalue weighted by Gasteiger charge is 2.21. The summed E-state index contributed by atoms with van der Waals surface area (Å²) in [5.74, 6) is -0.0597. The van der Waals surface area contributed by atoms with Crippen molar-refractivity contribution in [2.24, 2.45) is 0 Å². The molecule has 1 N–H and O–H groups in total. The monoisotopic (exact) mass is 391 g/mol. The van der Waals surface area contributed by atoms with Crippen molar-refractivity contribution >= 4 is 22.9 Å². The van der Waals surface area contributed by atoms with E-state index in [1.807, 2.05) is 35.8 Å². The van der Waals surface area contributed by atoms with Crippen molar-refractivity contribution in [1.29, 1.82) is 0 Å². The summed E-state index contributed by atoms with van der Waals surface area (Å²) in [5.41, 5.74) is 4.30. The van der Waals surface area contributed by atoms with Gasteiger partial charge in [-0.15, -0.1) is 0 Å². The Bertz CT molecular complexity index is 1190. The number of hydrogen-bond donors (Lipinski definition) is 1. The molecule has 1 amide bonds. The number of nitrogens with zero attached hydrogens (tertiary/aromatic N) is 4. The number of carbonyl (C=O) groups excluding carboxylic acids is 1. The molecule has 2 aromatic carbocycles. The minimum absolute atomic E-state index is 0.263. The smallest absolute Gasteiger partial charge is 0.261 e. The number of benzene rings is 2. The Labute approximate surface area is 168 Å². The first-order valence-electron chi connectivity index (χ1n) is 9.58. The number of anilines is 1. The maximum Gasteiger partial charge on any atom is 0.261 e. The number of aromatic nitrogens is 4. The van der Waals surface area contributed by atoms with Gasteiger partial charge in [-0.2, -0.15) is 5.10 Å². The number of carbonyl (C=O) groups is 1. The summed E-state index contributed by atoms with van der Waals surface area (Å²) in [5, 5.41) is 7.44. The fourth-order valence-electron chi connectivity index (χ4n) is 3.59. The van der Waals surface area contributed by atoms with Crippen molar-refractivity contribution in [3.05, 3.63) is 71.3 Å². The number of hydrogen-bond acceptors (Lipinski definition) is 3. The molecule has 0 fully saturated rings. The number of rotatable bonds is 5. The summed E-state index contributed by atoms with van der Waals surface area (Å²) in [4.78, 5) is 17.7. The van der Waals surface area contributed by atoms with Gasteiger partial charge in [-0.25, -0.2) is 14.1 Å². The Hall–Kier alpha value is -3.48. The largest absolute Gasteiger partial charge is 0.310 e. The second-order valence-electron chi connectivity index (χ2n) is 6.96. The van der Waals surface area contributed by atoms with Crippen LogP contribution in [0.15, 0.2) is 48.5 Å². The van der Waals surface area contributed by atoms with Gasteiger partial charge >= 0.3 is 0 Å². The maximum absolute atomic E-state index is 13.2. The molecule has 0 spiro atoms. The Balaban J connectivity index is 1.70. The lowest BCUT2D eigenvalue weighted by Gasteiger charge is -2.09. The van der Waals surface area contributed by atoms with Gasteiger partial charge in [0.05, 0.1) is 33.7 Å². The van der Waals surface area contributed by atoms with Crippen LogP contribution >= 0.6 is 0 Å². The van der Waals surface area contributed by atoms with Gasteiger partial charge in [0.15, 0.2) is 0 Å². The first-order valence-corrected chi connectivity index (χ1v) is 9.58. The van der Waals surface area contributed by atoms with Gasteiger partial charge in [-0.3, -0.25) is 10.1 Å². The average molecular weight is 391 g/mol. The molecule has 7 heteroatoms. The van der Waals surface area contributed by atoms with Crippen molar-refractivity contribution in [2.75, 3.05) is 5.32 Å². The van der Waals surface area contributed by atoms with Crippen LogP contribution in [0, 0.1) is 19.7 Å². The van der Waals surface area contributed by atoms with Gasteiger partial charge in [-0.1, -0.05) is 19.1 Å². The second kappa shape index (κ2) is 7.50. The van der Waals surface area contributed by atoms with E-state index in [1.165, 1.54) is 12.1 Å². The van der Waals surface area contributed by atoms with Crippen molar-refractivity contribution in [1.82, 2.24) is 19.3 Å². The maximum atomic E-state index is 13.2. The standard InChI is InChI=1S/C22H22FN5O/c1-4-13-27-19-8-6-5-7-18(19)24-22(27)25-21(29)20-14(2)26-28(15(20)3)17-11-9-16(23)10-12-17/h5-12H,4,13H2,1-3H3,(H,24,25,29). The molecule has 4 rings (SSSR count). The molecular weight excluding hydrogens is 369 g/mol. The van der Waals surface area contributed by atoms with Crippen molar-refractivity contribution in [3.8, 4) is 5.69 Å². The summed E-state index contributed by atoms with van der Waals surface area (Å²) in [6.07, 6.45) is 0.920. The Kier molecular flexibility index (Phi) is 4.88. The lowest BCUT2D eigenvalue weighted by Crippen LogP contribution is -2.17. The van der Waals surface area contributed by atoms with Gasteiger partial charge in [0.1, 0.15) is 5.82 Å². The van der Waals surface area contributed by atoms with E-state index in [-0.39, 0.29) is 11.7 Å². The van der Waals surface area contributed by atoms with E-state index in [1.54, 1.807) is 23.7 Å². The van der Waals surface area contributed by atoms with Crippen LogP contribution in [0.3, 0.4) is 0 Å². The summed E-state index contributed by atoms with van der Waals surface area (Å²) in [6.45, 7) is 6.45. The SMILES string of the molecule is CCCn1c(NC(=O)c2c(C)nn(-c3ccc(F)cc3)c2C)nc2ccccc21. The van der Waals surface area contributed by atoms with E-state index in [2.05, 4.69) is 22.3 Å². The zero-order valence-corrected chi connectivity index (χ0v) is 16.6. The van der Waals surface area contributed by atoms with Crippen LogP contribution in [-0.2, 0) is 6.54 Å². The highest BCUT2D eigenvalue weighted by molar-refractivity contribution is 6.05. The topological polar surface area (TPSA) is 64.7 Å². The molecule has 0 atom stereocenters. The van der Waals surface area contributed by atoms with Crippen molar-refractivity contribution in [2.45, 2.75) is 33.7 Å². The van der Waals surface area contributed by atoms with E-state index < -0.39 is 0 Å². The third-order valence-electron chi connectivity index (χ3n) is 4.92. The third kappa shape index (κ3) is 3.40. The quantitative estimate of drug-likeness (QED) is 0.539. The number of imidazole rings is 1. The van der Waals surface area contributed by atoms with Crippen LogP contribution < -0.4 is 5.32 Å². The fraction of sp³-hybridized carbons (Fsp3) is 0.227. The summed E-state index contributed by atoms with van der Waals surface area (Å²) < 4.78 is 16.9. The number of para-hydroxylation sites is 2. The zero-order valence-electron chi connectivity index (χ0n) is 16.6. The number of nitrogens with one attached hydrogen (secondary N) is 1. The highest BCUT2D eigenvalue weighted by atomic mass is 19.1. The van der Waals surface area contributed by atoms with Crippen LogP contribution in [0.2, 0.25) is 0 Å².